The minimum Gasteiger partial charge on any atom is -0.343 e. The molecule has 0 unspecified atom stereocenters. The van der Waals surface area contributed by atoms with Crippen LogP contribution in [0.3, 0.4) is 0 Å². The van der Waals surface area contributed by atoms with Gasteiger partial charge in [0.15, 0.2) is 5.82 Å². The minimum atomic E-state index is -0.339. The lowest BCUT2D eigenvalue weighted by Gasteiger charge is -2.14. The zero-order chi connectivity index (χ0) is 21.8. The van der Waals surface area contributed by atoms with Crippen LogP contribution in [0.4, 0.5) is 5.69 Å². The second-order valence-electron chi connectivity index (χ2n) is 7.70. The number of amides is 2. The van der Waals surface area contributed by atoms with Gasteiger partial charge in [0.05, 0.1) is 24.0 Å². The quantitative estimate of drug-likeness (QED) is 0.655. The van der Waals surface area contributed by atoms with Gasteiger partial charge < -0.3 is 10.6 Å². The number of carbonyl (C=O) groups is 2. The van der Waals surface area contributed by atoms with Gasteiger partial charge in [-0.15, -0.1) is 0 Å². The summed E-state index contributed by atoms with van der Waals surface area (Å²) in [7, 11) is 0. The number of aromatic nitrogens is 3. The van der Waals surface area contributed by atoms with E-state index in [-0.39, 0.29) is 24.3 Å². The molecule has 3 rings (SSSR count). The Bertz CT molecular complexity index is 1050. The van der Waals surface area contributed by atoms with Crippen molar-refractivity contribution in [2.24, 2.45) is 0 Å². The van der Waals surface area contributed by atoms with Crippen LogP contribution in [0.1, 0.15) is 52.5 Å². The molecule has 2 N–H and O–H groups in total. The Morgan fingerprint density at radius 2 is 1.80 bits per heavy atom. The molecule has 2 heterocycles. The Morgan fingerprint density at radius 1 is 1.10 bits per heavy atom. The fourth-order valence-corrected chi connectivity index (χ4v) is 3.57. The molecule has 0 aliphatic heterocycles. The molecule has 7 heteroatoms. The molecular weight excluding hydrogens is 378 g/mol. The molecule has 3 aromatic rings. The molecule has 0 bridgehead atoms. The van der Waals surface area contributed by atoms with E-state index in [0.29, 0.717) is 11.4 Å². The Kier molecular flexibility index (Phi) is 6.30. The maximum atomic E-state index is 12.8. The average molecular weight is 406 g/mol. The molecule has 0 saturated heterocycles. The van der Waals surface area contributed by atoms with Crippen molar-refractivity contribution in [3.8, 4) is 5.82 Å². The summed E-state index contributed by atoms with van der Waals surface area (Å²) in [4.78, 5) is 29.5. The molecule has 0 fully saturated rings. The van der Waals surface area contributed by atoms with Crippen LogP contribution in [0.25, 0.3) is 5.82 Å². The van der Waals surface area contributed by atoms with Crippen LogP contribution in [0.5, 0.6) is 0 Å². The summed E-state index contributed by atoms with van der Waals surface area (Å²) in [5.74, 6) is 0.0697. The summed E-state index contributed by atoms with van der Waals surface area (Å²) in [6.07, 6.45) is 3.20. The Balaban J connectivity index is 1.72. The smallest absolute Gasteiger partial charge is 0.255 e. The maximum absolute atomic E-state index is 12.8. The molecule has 30 heavy (non-hydrogen) atoms. The van der Waals surface area contributed by atoms with Crippen LogP contribution in [0.2, 0.25) is 0 Å². The second kappa shape index (κ2) is 8.90. The first-order valence-electron chi connectivity index (χ1n) is 9.93. The van der Waals surface area contributed by atoms with E-state index >= 15 is 0 Å². The summed E-state index contributed by atoms with van der Waals surface area (Å²) in [5, 5.41) is 9.95. The predicted molar refractivity (Wildman–Crippen MR) is 117 cm³/mol. The van der Waals surface area contributed by atoms with E-state index in [9.17, 15) is 9.59 Å². The van der Waals surface area contributed by atoms with E-state index in [1.54, 1.807) is 10.9 Å². The van der Waals surface area contributed by atoms with Crippen molar-refractivity contribution in [3.63, 3.8) is 0 Å². The third-order valence-electron chi connectivity index (χ3n) is 4.82. The van der Waals surface area contributed by atoms with Crippen molar-refractivity contribution in [2.45, 2.75) is 40.5 Å². The molecule has 2 aromatic heterocycles. The molecule has 7 nitrogen and oxygen atoms in total. The largest absolute Gasteiger partial charge is 0.343 e. The van der Waals surface area contributed by atoms with Crippen LogP contribution in [0, 0.1) is 20.8 Å². The van der Waals surface area contributed by atoms with Gasteiger partial charge in [-0.05, 0) is 49.9 Å². The van der Waals surface area contributed by atoms with Crippen molar-refractivity contribution in [1.29, 1.82) is 0 Å². The Hall–Kier alpha value is -3.48. The van der Waals surface area contributed by atoms with Crippen molar-refractivity contribution in [3.05, 3.63) is 70.7 Å². The lowest BCUT2D eigenvalue weighted by molar-refractivity contribution is -0.115. The second-order valence-corrected chi connectivity index (χ2v) is 7.70. The van der Waals surface area contributed by atoms with Gasteiger partial charge in [-0.2, -0.15) is 5.10 Å². The average Bonchev–Trinajstić information content (AvgIpc) is 3.15. The van der Waals surface area contributed by atoms with Crippen LogP contribution in [-0.2, 0) is 4.79 Å². The van der Waals surface area contributed by atoms with Crippen LogP contribution in [-0.4, -0.2) is 33.1 Å². The van der Waals surface area contributed by atoms with Crippen molar-refractivity contribution < 1.29 is 9.59 Å². The Labute approximate surface area is 176 Å². The molecule has 0 saturated carbocycles. The molecule has 0 atom stereocenters. The van der Waals surface area contributed by atoms with Crippen molar-refractivity contribution in [1.82, 2.24) is 20.1 Å². The minimum absolute atomic E-state index is 0.0435. The zero-order valence-electron chi connectivity index (χ0n) is 18.0. The lowest BCUT2D eigenvalue weighted by atomic mass is 10.0. The summed E-state index contributed by atoms with van der Waals surface area (Å²) in [5.41, 5.74) is 5.09. The molecule has 2 amide bonds. The topological polar surface area (TPSA) is 88.9 Å². The number of hydrogen-bond donors (Lipinski definition) is 2. The van der Waals surface area contributed by atoms with Gasteiger partial charge in [0, 0.05) is 11.9 Å². The highest BCUT2D eigenvalue weighted by Gasteiger charge is 2.21. The fraction of sp³-hybridized carbons (Fsp3) is 0.304. The van der Waals surface area contributed by atoms with Gasteiger partial charge in [-0.1, -0.05) is 37.6 Å². The van der Waals surface area contributed by atoms with Crippen LogP contribution < -0.4 is 10.6 Å². The van der Waals surface area contributed by atoms with E-state index < -0.39 is 0 Å². The monoisotopic (exact) mass is 405 g/mol. The number of benzene rings is 1. The molecule has 156 valence electrons. The number of rotatable bonds is 6. The number of nitrogens with one attached hydrogen (secondary N) is 2. The number of nitrogens with zero attached hydrogens (tertiary/aromatic N) is 3. The van der Waals surface area contributed by atoms with E-state index in [1.807, 2.05) is 65.0 Å². The molecule has 0 spiro atoms. The van der Waals surface area contributed by atoms with Gasteiger partial charge >= 0.3 is 0 Å². The van der Waals surface area contributed by atoms with E-state index in [2.05, 4.69) is 20.7 Å². The standard InChI is InChI=1S/C23H27N5O2/c1-14(2)22-18(12-26-28(22)19-8-6-7-9-24-19)23(30)25-13-20(29)27-21-16(4)10-15(3)11-17(21)5/h6-12,14H,13H2,1-5H3,(H,25,30)(H,27,29). The molecular formula is C23H27N5O2. The predicted octanol–water partition coefficient (Wildman–Crippen LogP) is 3.68. The number of carbonyl (C=O) groups excluding carboxylic acids is 2. The normalized spacial score (nSPS) is 10.9. The molecule has 0 aliphatic rings. The first-order valence-corrected chi connectivity index (χ1v) is 9.93. The van der Waals surface area contributed by atoms with E-state index in [1.165, 1.54) is 6.20 Å². The number of pyridine rings is 1. The zero-order valence-corrected chi connectivity index (χ0v) is 18.0. The van der Waals surface area contributed by atoms with Gasteiger partial charge in [0.25, 0.3) is 5.91 Å². The van der Waals surface area contributed by atoms with Gasteiger partial charge in [0.2, 0.25) is 5.91 Å². The fourth-order valence-electron chi connectivity index (χ4n) is 3.57. The Morgan fingerprint density at radius 3 is 2.40 bits per heavy atom. The number of hydrogen-bond acceptors (Lipinski definition) is 4. The molecule has 1 aromatic carbocycles. The SMILES string of the molecule is Cc1cc(C)c(NC(=O)CNC(=O)c2cnn(-c3ccccn3)c2C(C)C)c(C)c1. The first kappa shape index (κ1) is 21.2. The summed E-state index contributed by atoms with van der Waals surface area (Å²) >= 11 is 0. The summed E-state index contributed by atoms with van der Waals surface area (Å²) in [6.45, 7) is 9.77. The van der Waals surface area contributed by atoms with Gasteiger partial charge in [-0.25, -0.2) is 9.67 Å². The molecule has 0 radical (unpaired) electrons. The number of anilines is 1. The van der Waals surface area contributed by atoms with E-state index in [4.69, 9.17) is 0 Å². The first-order chi connectivity index (χ1) is 14.3. The highest BCUT2D eigenvalue weighted by atomic mass is 16.2. The lowest BCUT2D eigenvalue weighted by Crippen LogP contribution is -2.33. The molecule has 0 aliphatic carbocycles. The summed E-state index contributed by atoms with van der Waals surface area (Å²) in [6, 6.07) is 9.56. The highest BCUT2D eigenvalue weighted by Crippen LogP contribution is 2.23. The highest BCUT2D eigenvalue weighted by molar-refractivity contribution is 6.00. The van der Waals surface area contributed by atoms with Gasteiger partial charge in [0.1, 0.15) is 0 Å². The van der Waals surface area contributed by atoms with Crippen molar-refractivity contribution >= 4 is 17.5 Å². The van der Waals surface area contributed by atoms with Crippen molar-refractivity contribution in [2.75, 3.05) is 11.9 Å². The third-order valence-corrected chi connectivity index (χ3v) is 4.82. The third kappa shape index (κ3) is 4.56. The number of aryl methyl sites for hydroxylation is 3. The van der Waals surface area contributed by atoms with Crippen LogP contribution in [0.15, 0.2) is 42.7 Å². The van der Waals surface area contributed by atoms with Gasteiger partial charge in [-0.3, -0.25) is 9.59 Å². The van der Waals surface area contributed by atoms with Crippen LogP contribution >= 0.6 is 0 Å². The summed E-state index contributed by atoms with van der Waals surface area (Å²) < 4.78 is 1.67. The maximum Gasteiger partial charge on any atom is 0.255 e. The van der Waals surface area contributed by atoms with E-state index in [0.717, 1.165) is 28.1 Å².